The van der Waals surface area contributed by atoms with Gasteiger partial charge in [0.1, 0.15) is 11.5 Å². The molecular formula is C52H65N7O8. The number of anilines is 1. The van der Waals surface area contributed by atoms with Crippen LogP contribution in [0.1, 0.15) is 80.5 Å². The molecule has 7 aliphatic rings. The van der Waals surface area contributed by atoms with E-state index in [4.69, 9.17) is 19.3 Å². The molecule has 356 valence electrons. The molecule has 2 N–H and O–H groups in total. The number of aromatic nitrogens is 4. The standard InChI is InChI=1S/C18H21NO3.C18H25NO.C8H10N4O2.C8H9NO2/c1-19-8-7-18-11-4-5-13(20)17(18)22-16-14(21-2)6-3-10(15(16)18)9-12(11)19;1-19-10-9-18-8-4-3-5-15(18)17(19)11-13-6-7-14(20-2)12-16(13)18;1-10-4-9-6-5(10)7(13)12(3)8(14)11(6)2;1-6(10)9-7-2-4-8(11)5-3-7/h3,6,11-12,17H,4-5,7-9H2,1-2H3;6-7,12,15,17H,3-5,8-11H2,1-2H3;4H,1-3H3;2-5,11H,1H3,(H,9,10)/t11-,12+,17-,18-;15-,17+,18+;;/m01../s1. The van der Waals surface area contributed by atoms with Crippen LogP contribution in [0.2, 0.25) is 0 Å². The van der Waals surface area contributed by atoms with Crippen molar-refractivity contribution >= 4 is 28.5 Å². The molecule has 1 spiro atoms. The van der Waals surface area contributed by atoms with E-state index in [0.717, 1.165) is 59.6 Å². The minimum atomic E-state index is -0.360. The molecule has 67 heavy (non-hydrogen) atoms. The van der Waals surface area contributed by atoms with Gasteiger partial charge in [-0.25, -0.2) is 9.78 Å². The summed E-state index contributed by atoms with van der Waals surface area (Å²) in [6.07, 6.45) is 13.2. The molecule has 15 heteroatoms. The number of likely N-dealkylation sites (tertiary alicyclic amines) is 2. The highest BCUT2D eigenvalue weighted by Crippen LogP contribution is 2.63. The largest absolute Gasteiger partial charge is 0.508 e. The fourth-order valence-electron chi connectivity index (χ4n) is 13.2. The lowest BCUT2D eigenvalue weighted by molar-refractivity contribution is -0.138. The zero-order valence-corrected chi connectivity index (χ0v) is 40.1. The minimum absolute atomic E-state index is 0.0933. The third kappa shape index (κ3) is 7.71. The van der Waals surface area contributed by atoms with E-state index in [2.05, 4.69) is 58.5 Å². The van der Waals surface area contributed by atoms with Crippen LogP contribution in [0, 0.1) is 11.8 Å². The van der Waals surface area contributed by atoms with Gasteiger partial charge in [0.2, 0.25) is 5.91 Å². The maximum Gasteiger partial charge on any atom is 0.332 e. The summed E-state index contributed by atoms with van der Waals surface area (Å²) in [5, 5.41) is 11.5. The Morgan fingerprint density at radius 2 is 1.52 bits per heavy atom. The predicted molar refractivity (Wildman–Crippen MR) is 257 cm³/mol. The number of carbonyl (C=O) groups excluding carboxylic acids is 2. The number of fused-ring (bicyclic) bond motifs is 2. The lowest BCUT2D eigenvalue weighted by atomic mass is 9.52. The van der Waals surface area contributed by atoms with Crippen molar-refractivity contribution in [2.75, 3.05) is 46.7 Å². The first-order valence-corrected chi connectivity index (χ1v) is 23.7. The number of ether oxygens (including phenoxy) is 3. The topological polar surface area (TPSA) is 162 Å². The number of hydrogen-bond donors (Lipinski definition) is 2. The van der Waals surface area contributed by atoms with Gasteiger partial charge in [-0.2, -0.15) is 0 Å². The lowest BCUT2D eigenvalue weighted by Gasteiger charge is -2.58. The van der Waals surface area contributed by atoms with Crippen LogP contribution >= 0.6 is 0 Å². The van der Waals surface area contributed by atoms with Gasteiger partial charge in [-0.1, -0.05) is 25.0 Å². The number of methoxy groups -OCH3 is 2. The third-order valence-corrected chi connectivity index (χ3v) is 16.4. The number of nitrogens with zero attached hydrogens (tertiary/aromatic N) is 6. The van der Waals surface area contributed by atoms with E-state index in [1.165, 1.54) is 93.2 Å². The smallest absolute Gasteiger partial charge is 0.332 e. The van der Waals surface area contributed by atoms with Crippen molar-refractivity contribution in [3.63, 3.8) is 0 Å². The molecule has 0 radical (unpaired) electrons. The SMILES string of the molecule is CC(=O)Nc1ccc(O)cc1.COc1ccc2c(c1)[C@]13CCCC[C@@H]1[C@H](C2)N(C)CC3.COc1ccc2c3c1O[C@H]1C(=O)CC[C@H]4[C@@H](C2)N(C)CC[C@]314.Cn1c(=O)c2c(ncn2C)n(C)c1=O. The Balaban J connectivity index is 0.000000116. The first-order valence-electron chi connectivity index (χ1n) is 23.7. The van der Waals surface area contributed by atoms with E-state index in [9.17, 15) is 19.2 Å². The summed E-state index contributed by atoms with van der Waals surface area (Å²) < 4.78 is 21.3. The predicted octanol–water partition coefficient (Wildman–Crippen LogP) is 5.64. The molecule has 2 saturated heterocycles. The average molecular weight is 916 g/mol. The van der Waals surface area contributed by atoms with E-state index in [1.807, 2.05) is 6.07 Å². The number of amides is 1. The number of rotatable bonds is 3. The van der Waals surface area contributed by atoms with Gasteiger partial charge in [-0.3, -0.25) is 23.5 Å². The van der Waals surface area contributed by atoms with Crippen molar-refractivity contribution in [2.24, 2.45) is 33.0 Å². The van der Waals surface area contributed by atoms with Gasteiger partial charge in [-0.05, 0) is 143 Å². The van der Waals surface area contributed by atoms with Crippen molar-refractivity contribution in [3.05, 3.63) is 104 Å². The fraction of sp³-hybridized carbons (Fsp3) is 0.519. The maximum absolute atomic E-state index is 12.6. The summed E-state index contributed by atoms with van der Waals surface area (Å²) in [5.74, 6) is 4.45. The number of aryl methyl sites for hydroxylation is 2. The van der Waals surface area contributed by atoms with Gasteiger partial charge in [-0.15, -0.1) is 0 Å². The number of likely N-dealkylation sites (N-methyl/N-ethyl adjacent to an activating group) is 2. The highest BCUT2D eigenvalue weighted by molar-refractivity contribution is 5.89. The molecule has 7 atom stereocenters. The number of nitrogens with one attached hydrogen (secondary N) is 1. The zero-order chi connectivity index (χ0) is 47.5. The fourth-order valence-corrected chi connectivity index (χ4v) is 13.2. The molecule has 3 aromatic carbocycles. The normalized spacial score (nSPS) is 27.2. The van der Waals surface area contributed by atoms with Crippen LogP contribution in [0.4, 0.5) is 5.69 Å². The quantitative estimate of drug-likeness (QED) is 0.216. The number of piperidine rings is 2. The zero-order valence-electron chi connectivity index (χ0n) is 40.1. The Bertz CT molecular complexity index is 2830. The lowest BCUT2D eigenvalue weighted by Crippen LogP contribution is -2.65. The Kier molecular flexibility index (Phi) is 12.4. The molecule has 5 aromatic rings. The molecule has 12 rings (SSSR count). The van der Waals surface area contributed by atoms with E-state index >= 15 is 0 Å². The van der Waals surface area contributed by atoms with Crippen molar-refractivity contribution in [2.45, 2.75) is 100 Å². The van der Waals surface area contributed by atoms with Crippen LogP contribution in [0.5, 0.6) is 23.0 Å². The first kappa shape index (κ1) is 46.2. The van der Waals surface area contributed by atoms with Gasteiger partial charge in [0.05, 0.1) is 20.5 Å². The molecule has 2 saturated carbocycles. The summed E-state index contributed by atoms with van der Waals surface area (Å²) in [6.45, 7) is 3.75. The molecule has 3 aliphatic heterocycles. The number of ketones is 1. The Morgan fingerprint density at radius 1 is 0.821 bits per heavy atom. The molecule has 2 aromatic heterocycles. The minimum Gasteiger partial charge on any atom is -0.508 e. The van der Waals surface area contributed by atoms with E-state index in [1.54, 1.807) is 56.1 Å². The number of phenolic OH excluding ortho intramolecular Hbond substituents is 1. The highest BCUT2D eigenvalue weighted by Gasteiger charge is 2.65. The molecule has 4 bridgehead atoms. The second-order valence-electron chi connectivity index (χ2n) is 19.8. The first-order chi connectivity index (χ1) is 32.1. The number of aromatic hydroxyl groups is 1. The third-order valence-electron chi connectivity index (χ3n) is 16.4. The summed E-state index contributed by atoms with van der Waals surface area (Å²) in [5.41, 5.74) is 7.11. The van der Waals surface area contributed by atoms with E-state index < -0.39 is 0 Å². The number of phenols is 1. The number of carbonyl (C=O) groups is 2. The Labute approximate surface area is 391 Å². The van der Waals surface area contributed by atoms with Crippen molar-refractivity contribution in [1.82, 2.24) is 28.5 Å². The highest BCUT2D eigenvalue weighted by atomic mass is 16.5. The van der Waals surface area contributed by atoms with Crippen molar-refractivity contribution in [3.8, 4) is 23.0 Å². The summed E-state index contributed by atoms with van der Waals surface area (Å²) >= 11 is 0. The molecule has 15 nitrogen and oxygen atoms in total. The monoisotopic (exact) mass is 915 g/mol. The van der Waals surface area contributed by atoms with Crippen molar-refractivity contribution in [1.29, 1.82) is 0 Å². The summed E-state index contributed by atoms with van der Waals surface area (Å²) in [6, 6.07) is 18.6. The van der Waals surface area contributed by atoms with Gasteiger partial charge in [0.15, 0.2) is 34.6 Å². The molecule has 0 unspecified atom stereocenters. The Hall–Kier alpha value is -5.93. The van der Waals surface area contributed by atoms with Crippen LogP contribution < -0.4 is 30.8 Å². The summed E-state index contributed by atoms with van der Waals surface area (Å²) in [7, 11) is 12.8. The number of benzene rings is 3. The van der Waals surface area contributed by atoms with E-state index in [-0.39, 0.29) is 40.2 Å². The average Bonchev–Trinajstić information content (AvgIpc) is 3.90. The number of imidazole rings is 1. The van der Waals surface area contributed by atoms with E-state index in [0.29, 0.717) is 40.6 Å². The number of Topliss-reactive ketones (excluding diaryl/α,β-unsaturated/α-hetero) is 1. The maximum atomic E-state index is 12.6. The Morgan fingerprint density at radius 3 is 2.24 bits per heavy atom. The second kappa shape index (κ2) is 17.9. The van der Waals surface area contributed by atoms with Gasteiger partial charge < -0.3 is 39.0 Å². The summed E-state index contributed by atoms with van der Waals surface area (Å²) in [4.78, 5) is 55.4. The molecule has 5 heterocycles. The van der Waals surface area contributed by atoms with Crippen LogP contribution in [-0.2, 0) is 54.4 Å². The van der Waals surface area contributed by atoms with Gasteiger partial charge in [0.25, 0.3) is 5.56 Å². The number of hydrogen-bond acceptors (Lipinski definition) is 11. The van der Waals surface area contributed by atoms with Gasteiger partial charge in [0, 0.05) is 68.7 Å². The van der Waals surface area contributed by atoms with Crippen LogP contribution in [-0.4, -0.2) is 105 Å². The van der Waals surface area contributed by atoms with Gasteiger partial charge >= 0.3 is 5.69 Å². The van der Waals surface area contributed by atoms with Crippen LogP contribution in [0.25, 0.3) is 11.2 Å². The molecular weight excluding hydrogens is 851 g/mol. The molecule has 4 aliphatic carbocycles. The van der Waals surface area contributed by atoms with Crippen molar-refractivity contribution < 1.29 is 28.9 Å². The van der Waals surface area contributed by atoms with Crippen LogP contribution in [0.15, 0.2) is 70.5 Å². The molecule has 1 amide bonds. The van der Waals surface area contributed by atoms with Crippen LogP contribution in [0.3, 0.4) is 0 Å². The molecule has 4 fully saturated rings. The second-order valence-corrected chi connectivity index (χ2v) is 19.8.